The van der Waals surface area contributed by atoms with Crippen molar-refractivity contribution in [3.8, 4) is 5.75 Å². The van der Waals surface area contributed by atoms with Crippen LogP contribution < -0.4 is 0 Å². The van der Waals surface area contributed by atoms with Gasteiger partial charge >= 0.3 is 0 Å². The minimum atomic E-state index is 0.206. The van der Waals surface area contributed by atoms with E-state index in [2.05, 4.69) is 38.8 Å². The number of hydrogen-bond acceptors (Lipinski definition) is 2. The van der Waals surface area contributed by atoms with Crippen molar-refractivity contribution in [2.75, 3.05) is 7.05 Å². The maximum Gasteiger partial charge on any atom is 0.119 e. The monoisotopic (exact) mass is 233 g/mol. The maximum atomic E-state index is 9.87. The van der Waals surface area contributed by atoms with Gasteiger partial charge in [0.2, 0.25) is 0 Å². The summed E-state index contributed by atoms with van der Waals surface area (Å²) >= 11 is 0. The molecule has 0 radical (unpaired) electrons. The van der Waals surface area contributed by atoms with Gasteiger partial charge in [0.1, 0.15) is 5.75 Å². The maximum absolute atomic E-state index is 9.87. The lowest BCUT2D eigenvalue weighted by atomic mass is 9.95. The highest BCUT2D eigenvalue weighted by molar-refractivity contribution is 5.44. The Morgan fingerprint density at radius 2 is 2.12 bits per heavy atom. The summed E-state index contributed by atoms with van der Waals surface area (Å²) in [6.07, 6.45) is 3.25. The van der Waals surface area contributed by atoms with Crippen LogP contribution in [0, 0.1) is 0 Å². The number of fused-ring (bicyclic) bond motifs is 1. The van der Waals surface area contributed by atoms with Gasteiger partial charge in [0.25, 0.3) is 0 Å². The molecular formula is C15H23NO. The van der Waals surface area contributed by atoms with Crippen LogP contribution >= 0.6 is 0 Å². The predicted molar refractivity (Wildman–Crippen MR) is 71.3 cm³/mol. The fourth-order valence-corrected chi connectivity index (χ4v) is 2.69. The second-order valence-corrected chi connectivity index (χ2v) is 5.68. The fourth-order valence-electron chi connectivity index (χ4n) is 2.69. The molecule has 0 saturated heterocycles. The van der Waals surface area contributed by atoms with Crippen molar-refractivity contribution in [3.63, 3.8) is 0 Å². The zero-order chi connectivity index (χ0) is 12.6. The van der Waals surface area contributed by atoms with Crippen LogP contribution in [0.2, 0.25) is 0 Å². The predicted octanol–water partition coefficient (Wildman–Crippen LogP) is 3.50. The number of aromatic hydroxyl groups is 1. The van der Waals surface area contributed by atoms with Gasteiger partial charge in [0.05, 0.1) is 0 Å². The average molecular weight is 233 g/mol. The number of phenolic OH excluding ortho intramolecular Hbond substituents is 1. The number of nitrogens with zero attached hydrogens (tertiary/aromatic N) is 1. The van der Waals surface area contributed by atoms with Gasteiger partial charge in [0.15, 0.2) is 0 Å². The van der Waals surface area contributed by atoms with E-state index in [0.717, 1.165) is 24.8 Å². The van der Waals surface area contributed by atoms with E-state index < -0.39 is 0 Å². The molecule has 94 valence electrons. The van der Waals surface area contributed by atoms with Gasteiger partial charge in [-0.15, -0.1) is 0 Å². The summed E-state index contributed by atoms with van der Waals surface area (Å²) in [6.45, 7) is 6.80. The number of hydrogen-bond donors (Lipinski definition) is 1. The molecular weight excluding hydrogens is 210 g/mol. The minimum absolute atomic E-state index is 0.206. The Morgan fingerprint density at radius 3 is 2.76 bits per heavy atom. The molecule has 0 aromatic heterocycles. The summed E-state index contributed by atoms with van der Waals surface area (Å²) in [5, 5.41) is 9.87. The van der Waals surface area contributed by atoms with Crippen LogP contribution in [-0.4, -0.2) is 22.6 Å². The standard InChI is InChI=1S/C15H23NO/c1-5-15(2,3)16(4)13-10-9-12-11(13)7-6-8-14(12)17/h6-8,13,17H,5,9-10H2,1-4H3. The average Bonchev–Trinajstić information content (AvgIpc) is 2.73. The largest absolute Gasteiger partial charge is 0.508 e. The molecule has 0 spiro atoms. The first-order valence-corrected chi connectivity index (χ1v) is 6.51. The third kappa shape index (κ3) is 2.06. The molecule has 0 aliphatic heterocycles. The topological polar surface area (TPSA) is 23.5 Å². The minimum Gasteiger partial charge on any atom is -0.508 e. The Kier molecular flexibility index (Phi) is 3.17. The van der Waals surface area contributed by atoms with Crippen LogP contribution in [-0.2, 0) is 6.42 Å². The lowest BCUT2D eigenvalue weighted by Gasteiger charge is -2.39. The molecule has 2 rings (SSSR count). The number of phenols is 1. The Bertz CT molecular complexity index is 411. The van der Waals surface area contributed by atoms with Crippen LogP contribution in [0.5, 0.6) is 5.75 Å². The van der Waals surface area contributed by atoms with Crippen molar-refractivity contribution in [2.24, 2.45) is 0 Å². The summed E-state index contributed by atoms with van der Waals surface area (Å²) in [4.78, 5) is 2.46. The molecule has 1 aliphatic rings. The summed E-state index contributed by atoms with van der Waals surface area (Å²) < 4.78 is 0. The van der Waals surface area contributed by atoms with Gasteiger partial charge in [-0.2, -0.15) is 0 Å². The molecule has 17 heavy (non-hydrogen) atoms. The molecule has 1 unspecified atom stereocenters. The van der Waals surface area contributed by atoms with E-state index >= 15 is 0 Å². The summed E-state index contributed by atoms with van der Waals surface area (Å²) in [5.41, 5.74) is 2.67. The SMILES string of the molecule is CCC(C)(C)N(C)C1CCc2c(O)cccc21. The molecule has 1 aromatic carbocycles. The molecule has 1 aromatic rings. The highest BCUT2D eigenvalue weighted by Crippen LogP contribution is 2.41. The Morgan fingerprint density at radius 1 is 1.41 bits per heavy atom. The first-order valence-electron chi connectivity index (χ1n) is 6.51. The third-order valence-corrected chi connectivity index (χ3v) is 4.50. The highest BCUT2D eigenvalue weighted by Gasteiger charge is 2.33. The van der Waals surface area contributed by atoms with Crippen molar-refractivity contribution in [3.05, 3.63) is 29.3 Å². The molecule has 1 atom stereocenters. The lowest BCUT2D eigenvalue weighted by molar-refractivity contribution is 0.0971. The van der Waals surface area contributed by atoms with Crippen molar-refractivity contribution in [1.82, 2.24) is 4.90 Å². The molecule has 0 amide bonds. The van der Waals surface area contributed by atoms with Crippen LogP contribution in [0.15, 0.2) is 18.2 Å². The Balaban J connectivity index is 2.31. The van der Waals surface area contributed by atoms with Crippen molar-refractivity contribution < 1.29 is 5.11 Å². The van der Waals surface area contributed by atoms with E-state index in [0.29, 0.717) is 11.8 Å². The lowest BCUT2D eigenvalue weighted by Crippen LogP contribution is -2.42. The van der Waals surface area contributed by atoms with Gasteiger partial charge in [-0.1, -0.05) is 19.1 Å². The van der Waals surface area contributed by atoms with E-state index in [1.807, 2.05) is 6.07 Å². The second-order valence-electron chi connectivity index (χ2n) is 5.68. The van der Waals surface area contributed by atoms with Crippen molar-refractivity contribution in [1.29, 1.82) is 0 Å². The Hall–Kier alpha value is -1.02. The van der Waals surface area contributed by atoms with Crippen LogP contribution in [0.3, 0.4) is 0 Å². The highest BCUT2D eigenvalue weighted by atomic mass is 16.3. The summed E-state index contributed by atoms with van der Waals surface area (Å²) in [5.74, 6) is 0.465. The van der Waals surface area contributed by atoms with Crippen LogP contribution in [0.1, 0.15) is 50.8 Å². The molecule has 1 N–H and O–H groups in total. The molecule has 0 fully saturated rings. The van der Waals surface area contributed by atoms with Crippen LogP contribution in [0.25, 0.3) is 0 Å². The molecule has 2 nitrogen and oxygen atoms in total. The van der Waals surface area contributed by atoms with E-state index in [1.165, 1.54) is 5.56 Å². The van der Waals surface area contributed by atoms with Crippen molar-refractivity contribution >= 4 is 0 Å². The van der Waals surface area contributed by atoms with Crippen LogP contribution in [0.4, 0.5) is 0 Å². The smallest absolute Gasteiger partial charge is 0.119 e. The zero-order valence-corrected chi connectivity index (χ0v) is 11.3. The zero-order valence-electron chi connectivity index (χ0n) is 11.3. The molecule has 0 heterocycles. The third-order valence-electron chi connectivity index (χ3n) is 4.50. The van der Waals surface area contributed by atoms with E-state index in [9.17, 15) is 5.11 Å². The van der Waals surface area contributed by atoms with Gasteiger partial charge in [-0.25, -0.2) is 0 Å². The van der Waals surface area contributed by atoms with E-state index in [1.54, 1.807) is 6.07 Å². The Labute approximate surface area is 104 Å². The number of rotatable bonds is 3. The molecule has 0 bridgehead atoms. The molecule has 1 aliphatic carbocycles. The second kappa shape index (κ2) is 4.34. The van der Waals surface area contributed by atoms with Gasteiger partial charge in [-0.05, 0) is 57.4 Å². The first kappa shape index (κ1) is 12.4. The first-order chi connectivity index (χ1) is 7.97. The quantitative estimate of drug-likeness (QED) is 0.863. The van der Waals surface area contributed by atoms with E-state index in [-0.39, 0.29) is 5.54 Å². The number of benzene rings is 1. The van der Waals surface area contributed by atoms with Crippen molar-refractivity contribution in [2.45, 2.75) is 51.6 Å². The fraction of sp³-hybridized carbons (Fsp3) is 0.600. The normalized spacial score (nSPS) is 19.7. The van der Waals surface area contributed by atoms with Gasteiger partial charge in [-0.3, -0.25) is 4.90 Å². The molecule has 2 heteroatoms. The summed E-state index contributed by atoms with van der Waals surface area (Å²) in [6, 6.07) is 6.37. The van der Waals surface area contributed by atoms with Gasteiger partial charge in [0, 0.05) is 11.6 Å². The van der Waals surface area contributed by atoms with E-state index in [4.69, 9.17) is 0 Å². The molecule has 0 saturated carbocycles. The summed E-state index contributed by atoms with van der Waals surface area (Å²) in [7, 11) is 2.20. The van der Waals surface area contributed by atoms with Gasteiger partial charge < -0.3 is 5.11 Å².